The average Bonchev–Trinajstić information content (AvgIpc) is 2.72. The Hall–Kier alpha value is -1.19. The van der Waals surface area contributed by atoms with Gasteiger partial charge in [0.1, 0.15) is 5.25 Å². The predicted octanol–water partition coefficient (Wildman–Crippen LogP) is 0.246. The Morgan fingerprint density at radius 3 is 2.79 bits per heavy atom. The molecular formula is C10H12BrN3O4S. The average molecular weight is 350 g/mol. The molecule has 1 fully saturated rings. The van der Waals surface area contributed by atoms with E-state index in [4.69, 9.17) is 9.88 Å². The Labute approximate surface area is 118 Å². The highest BCUT2D eigenvalue weighted by Gasteiger charge is 2.38. The quantitative estimate of drug-likeness (QED) is 0.842. The van der Waals surface area contributed by atoms with Crippen molar-refractivity contribution in [2.75, 3.05) is 18.6 Å². The molecule has 1 saturated heterocycles. The number of anilines is 1. The Kier molecular flexibility index (Phi) is 3.79. The number of amides is 1. The van der Waals surface area contributed by atoms with Gasteiger partial charge in [-0.2, -0.15) is 0 Å². The molecule has 0 bridgehead atoms. The molecule has 1 unspecified atom stereocenters. The summed E-state index contributed by atoms with van der Waals surface area (Å²) in [6.45, 7) is 0.0312. The first kappa shape index (κ1) is 14.2. The molecule has 2 heterocycles. The minimum Gasteiger partial charge on any atom is -0.481 e. The van der Waals surface area contributed by atoms with Gasteiger partial charge in [0.15, 0.2) is 0 Å². The van der Waals surface area contributed by atoms with Crippen molar-refractivity contribution in [1.29, 1.82) is 0 Å². The van der Waals surface area contributed by atoms with Crippen molar-refractivity contribution in [3.63, 3.8) is 0 Å². The summed E-state index contributed by atoms with van der Waals surface area (Å²) >= 11 is 3.27. The highest BCUT2D eigenvalue weighted by atomic mass is 79.9. The summed E-state index contributed by atoms with van der Waals surface area (Å²) in [5.74, 6) is 0.0398. The van der Waals surface area contributed by atoms with Gasteiger partial charge in [-0.15, -0.1) is 0 Å². The molecule has 1 aromatic rings. The number of hydrogen-bond donors (Lipinski definition) is 1. The second kappa shape index (κ2) is 5.06. The predicted molar refractivity (Wildman–Crippen MR) is 72.4 cm³/mol. The van der Waals surface area contributed by atoms with Gasteiger partial charge in [0.25, 0.3) is 0 Å². The van der Waals surface area contributed by atoms with E-state index in [1.807, 2.05) is 0 Å². The van der Waals surface area contributed by atoms with Crippen molar-refractivity contribution < 1.29 is 17.9 Å². The topological polar surface area (TPSA) is 103 Å². The molecule has 0 radical (unpaired) electrons. The van der Waals surface area contributed by atoms with Crippen LogP contribution in [0.2, 0.25) is 0 Å². The molecule has 0 spiro atoms. The third kappa shape index (κ3) is 2.88. The Morgan fingerprint density at radius 1 is 1.58 bits per heavy atom. The Bertz CT molecular complexity index is 619. The molecule has 9 heteroatoms. The molecule has 1 aliphatic heterocycles. The molecule has 1 atom stereocenters. The van der Waals surface area contributed by atoms with E-state index in [9.17, 15) is 13.2 Å². The largest absolute Gasteiger partial charge is 0.481 e. The van der Waals surface area contributed by atoms with E-state index in [0.717, 1.165) is 0 Å². The summed E-state index contributed by atoms with van der Waals surface area (Å²) in [5.41, 5.74) is 0.517. The van der Waals surface area contributed by atoms with E-state index in [0.29, 0.717) is 16.0 Å². The lowest BCUT2D eigenvalue weighted by atomic mass is 10.3. The van der Waals surface area contributed by atoms with Crippen LogP contribution < -0.4 is 14.8 Å². The van der Waals surface area contributed by atoms with Gasteiger partial charge in [-0.25, -0.2) is 18.5 Å². The minimum atomic E-state index is -3.73. The molecular weight excluding hydrogens is 338 g/mol. The molecule has 2 N–H and O–H groups in total. The van der Waals surface area contributed by atoms with Crippen LogP contribution in [0.5, 0.6) is 5.88 Å². The standard InChI is InChI=1S/C10H12BrN3O4S/c1-18-9-3-8(7(11)4-13-9)14-5-6(2-10(14)15)19(12,16)17/h3-4,6H,2,5H2,1H3,(H2,12,16,17). The number of nitrogens with two attached hydrogens (primary N) is 1. The Morgan fingerprint density at radius 2 is 2.26 bits per heavy atom. The van der Waals surface area contributed by atoms with Gasteiger partial charge in [-0.1, -0.05) is 0 Å². The number of sulfonamides is 1. The smallest absolute Gasteiger partial charge is 0.228 e. The molecule has 0 aliphatic carbocycles. The summed E-state index contributed by atoms with van der Waals surface area (Å²) in [7, 11) is -2.27. The number of rotatable bonds is 3. The van der Waals surface area contributed by atoms with Crippen LogP contribution in [0, 0.1) is 0 Å². The number of carbonyl (C=O) groups excluding carboxylic acids is 1. The maximum Gasteiger partial charge on any atom is 0.228 e. The van der Waals surface area contributed by atoms with Gasteiger partial charge < -0.3 is 9.64 Å². The van der Waals surface area contributed by atoms with Crippen molar-refractivity contribution in [2.24, 2.45) is 5.14 Å². The summed E-state index contributed by atoms with van der Waals surface area (Å²) < 4.78 is 28.2. The van der Waals surface area contributed by atoms with Crippen molar-refractivity contribution >= 4 is 37.5 Å². The van der Waals surface area contributed by atoms with Crippen LogP contribution in [0.25, 0.3) is 0 Å². The van der Waals surface area contributed by atoms with Crippen LogP contribution in [-0.2, 0) is 14.8 Å². The second-order valence-electron chi connectivity index (χ2n) is 4.10. The number of halogens is 1. The van der Waals surface area contributed by atoms with Crippen LogP contribution in [-0.4, -0.2) is 38.2 Å². The van der Waals surface area contributed by atoms with Crippen molar-refractivity contribution in [2.45, 2.75) is 11.7 Å². The van der Waals surface area contributed by atoms with E-state index < -0.39 is 15.3 Å². The van der Waals surface area contributed by atoms with Gasteiger partial charge in [0, 0.05) is 25.2 Å². The van der Waals surface area contributed by atoms with E-state index in [-0.39, 0.29) is 18.9 Å². The lowest BCUT2D eigenvalue weighted by molar-refractivity contribution is -0.117. The van der Waals surface area contributed by atoms with Gasteiger partial charge in [-0.05, 0) is 15.9 Å². The second-order valence-corrected chi connectivity index (χ2v) is 6.80. The summed E-state index contributed by atoms with van der Waals surface area (Å²) in [6, 6.07) is 1.56. The maximum atomic E-state index is 11.9. The third-order valence-electron chi connectivity index (χ3n) is 2.86. The number of nitrogens with zero attached hydrogens (tertiary/aromatic N) is 2. The van der Waals surface area contributed by atoms with E-state index >= 15 is 0 Å². The molecule has 1 aromatic heterocycles. The van der Waals surface area contributed by atoms with E-state index in [1.165, 1.54) is 18.2 Å². The van der Waals surface area contributed by atoms with Crippen molar-refractivity contribution in [1.82, 2.24) is 4.98 Å². The molecule has 1 amide bonds. The number of ether oxygens (including phenoxy) is 1. The fraction of sp³-hybridized carbons (Fsp3) is 0.400. The number of methoxy groups -OCH3 is 1. The minimum absolute atomic E-state index is 0.0312. The zero-order chi connectivity index (χ0) is 14.2. The maximum absolute atomic E-state index is 11.9. The number of aromatic nitrogens is 1. The molecule has 0 aromatic carbocycles. The van der Waals surface area contributed by atoms with Crippen LogP contribution in [0.1, 0.15) is 6.42 Å². The highest BCUT2D eigenvalue weighted by Crippen LogP contribution is 2.32. The fourth-order valence-electron chi connectivity index (χ4n) is 1.86. The lowest BCUT2D eigenvalue weighted by Gasteiger charge is -2.18. The molecule has 1 aliphatic rings. The number of hydrogen-bond acceptors (Lipinski definition) is 5. The molecule has 19 heavy (non-hydrogen) atoms. The van der Waals surface area contributed by atoms with Crippen LogP contribution in [0.15, 0.2) is 16.7 Å². The molecule has 7 nitrogen and oxygen atoms in total. The first-order chi connectivity index (χ1) is 8.82. The molecule has 0 saturated carbocycles. The van der Waals surface area contributed by atoms with E-state index in [2.05, 4.69) is 20.9 Å². The van der Waals surface area contributed by atoms with Crippen molar-refractivity contribution in [3.05, 3.63) is 16.7 Å². The van der Waals surface area contributed by atoms with E-state index in [1.54, 1.807) is 6.07 Å². The lowest BCUT2D eigenvalue weighted by Crippen LogP contribution is -2.32. The fourth-order valence-corrected chi connectivity index (χ4v) is 3.02. The number of carbonyl (C=O) groups is 1. The number of primary sulfonamides is 1. The normalized spacial score (nSPS) is 19.8. The van der Waals surface area contributed by atoms with Gasteiger partial charge in [0.05, 0.1) is 17.3 Å². The van der Waals surface area contributed by atoms with Crippen LogP contribution in [0.4, 0.5) is 5.69 Å². The first-order valence-electron chi connectivity index (χ1n) is 5.34. The SMILES string of the molecule is COc1cc(N2CC(S(N)(=O)=O)CC2=O)c(Br)cn1. The molecule has 2 rings (SSSR count). The van der Waals surface area contributed by atoms with Crippen LogP contribution in [0.3, 0.4) is 0 Å². The third-order valence-corrected chi connectivity index (χ3v) is 4.72. The van der Waals surface area contributed by atoms with Gasteiger partial charge in [-0.3, -0.25) is 4.79 Å². The first-order valence-corrected chi connectivity index (χ1v) is 7.74. The van der Waals surface area contributed by atoms with Crippen molar-refractivity contribution in [3.8, 4) is 5.88 Å². The monoisotopic (exact) mass is 349 g/mol. The highest BCUT2D eigenvalue weighted by molar-refractivity contribution is 9.10. The van der Waals surface area contributed by atoms with Gasteiger partial charge in [0.2, 0.25) is 21.8 Å². The van der Waals surface area contributed by atoms with Crippen LogP contribution >= 0.6 is 15.9 Å². The number of pyridine rings is 1. The van der Waals surface area contributed by atoms with Gasteiger partial charge >= 0.3 is 0 Å². The zero-order valence-corrected chi connectivity index (χ0v) is 12.4. The molecule has 104 valence electrons. The Balaban J connectivity index is 2.35. The summed E-state index contributed by atoms with van der Waals surface area (Å²) in [4.78, 5) is 17.2. The summed E-state index contributed by atoms with van der Waals surface area (Å²) in [6.07, 6.45) is 1.38. The summed E-state index contributed by atoms with van der Waals surface area (Å²) in [5, 5.41) is 4.20. The zero-order valence-electron chi connectivity index (χ0n) is 10.0.